The molecule has 0 bridgehead atoms. The van der Waals surface area contributed by atoms with Crippen LogP contribution in [0.4, 0.5) is 5.69 Å². The van der Waals surface area contributed by atoms with Crippen molar-refractivity contribution >= 4 is 15.5 Å². The van der Waals surface area contributed by atoms with Gasteiger partial charge in [0.25, 0.3) is 0 Å². The van der Waals surface area contributed by atoms with E-state index in [1.54, 1.807) is 36.7 Å². The Bertz CT molecular complexity index is 603. The molecule has 0 saturated carbocycles. The number of imidazole rings is 1. The number of hydrogen-bond acceptors (Lipinski definition) is 4. The molecule has 1 atom stereocenters. The first-order valence-corrected chi connectivity index (χ1v) is 7.42. The summed E-state index contributed by atoms with van der Waals surface area (Å²) in [4.78, 5) is 7.50. The van der Waals surface area contributed by atoms with Crippen molar-refractivity contribution in [1.82, 2.24) is 9.97 Å². The Kier molecular flexibility index (Phi) is 3.38. The fourth-order valence-electron chi connectivity index (χ4n) is 1.63. The molecule has 0 aliphatic heterocycles. The molecule has 0 spiro atoms. The van der Waals surface area contributed by atoms with Gasteiger partial charge in [-0.1, -0.05) is 0 Å². The molecule has 0 fully saturated rings. The third-order valence-corrected chi connectivity index (χ3v) is 3.72. The van der Waals surface area contributed by atoms with E-state index in [2.05, 4.69) is 15.3 Å². The quantitative estimate of drug-likeness (QED) is 0.886. The Labute approximate surface area is 106 Å². The number of hydrogen-bond donors (Lipinski definition) is 2. The third kappa shape index (κ3) is 2.89. The van der Waals surface area contributed by atoms with Gasteiger partial charge in [-0.15, -0.1) is 0 Å². The molecule has 6 heteroatoms. The molecule has 5 nitrogen and oxygen atoms in total. The minimum atomic E-state index is -3.14. The normalized spacial score (nSPS) is 13.2. The number of benzene rings is 1. The van der Waals surface area contributed by atoms with Crippen LogP contribution in [0, 0.1) is 0 Å². The van der Waals surface area contributed by atoms with Gasteiger partial charge in [0.15, 0.2) is 9.84 Å². The monoisotopic (exact) mass is 265 g/mol. The number of nitrogens with one attached hydrogen (secondary N) is 2. The van der Waals surface area contributed by atoms with Crippen molar-refractivity contribution in [3.63, 3.8) is 0 Å². The molecule has 1 aromatic carbocycles. The van der Waals surface area contributed by atoms with Crippen molar-refractivity contribution in [3.05, 3.63) is 42.5 Å². The number of aromatic amines is 1. The summed E-state index contributed by atoms with van der Waals surface area (Å²) < 4.78 is 22.6. The van der Waals surface area contributed by atoms with Gasteiger partial charge >= 0.3 is 0 Å². The van der Waals surface area contributed by atoms with Crippen LogP contribution in [-0.2, 0) is 9.84 Å². The molecule has 0 saturated heterocycles. The standard InChI is InChI=1S/C12H15N3O2S/c1-9(12-13-7-8-14-12)15-10-3-5-11(6-4-10)18(2,16)17/h3-9,15H,1-2H3,(H,13,14). The molecular weight excluding hydrogens is 250 g/mol. The van der Waals surface area contributed by atoms with Crippen molar-refractivity contribution in [1.29, 1.82) is 0 Å². The molecule has 0 aliphatic rings. The SMILES string of the molecule is CC(Nc1ccc(S(C)(=O)=O)cc1)c1ncc[nH]1. The van der Waals surface area contributed by atoms with E-state index >= 15 is 0 Å². The lowest BCUT2D eigenvalue weighted by molar-refractivity contribution is 0.602. The van der Waals surface area contributed by atoms with Gasteiger partial charge in [-0.05, 0) is 31.2 Å². The highest BCUT2D eigenvalue weighted by Gasteiger charge is 2.09. The van der Waals surface area contributed by atoms with Gasteiger partial charge in [0.2, 0.25) is 0 Å². The minimum absolute atomic E-state index is 0.0316. The van der Waals surface area contributed by atoms with Crippen LogP contribution in [0.15, 0.2) is 41.6 Å². The van der Waals surface area contributed by atoms with Gasteiger partial charge < -0.3 is 10.3 Å². The summed E-state index contributed by atoms with van der Waals surface area (Å²) in [6.45, 7) is 1.98. The van der Waals surface area contributed by atoms with Crippen LogP contribution in [0.3, 0.4) is 0 Å². The lowest BCUT2D eigenvalue weighted by Gasteiger charge is -2.13. The van der Waals surface area contributed by atoms with Crippen molar-refractivity contribution in [2.75, 3.05) is 11.6 Å². The van der Waals surface area contributed by atoms with Gasteiger partial charge in [0, 0.05) is 24.3 Å². The van der Waals surface area contributed by atoms with Crippen molar-refractivity contribution in [3.8, 4) is 0 Å². The number of rotatable bonds is 4. The average molecular weight is 265 g/mol. The Morgan fingerprint density at radius 1 is 1.28 bits per heavy atom. The second kappa shape index (κ2) is 4.81. The third-order valence-electron chi connectivity index (χ3n) is 2.60. The molecule has 2 aromatic rings. The molecule has 1 heterocycles. The van der Waals surface area contributed by atoms with E-state index in [4.69, 9.17) is 0 Å². The summed E-state index contributed by atoms with van der Waals surface area (Å²) in [7, 11) is -3.14. The Balaban J connectivity index is 2.12. The number of sulfone groups is 1. The van der Waals surface area contributed by atoms with Gasteiger partial charge in [0.05, 0.1) is 10.9 Å². The maximum Gasteiger partial charge on any atom is 0.175 e. The maximum absolute atomic E-state index is 11.3. The molecule has 96 valence electrons. The summed E-state index contributed by atoms with van der Waals surface area (Å²) in [5.41, 5.74) is 0.853. The molecule has 0 amide bonds. The van der Waals surface area contributed by atoms with E-state index in [1.807, 2.05) is 6.92 Å². The van der Waals surface area contributed by atoms with Gasteiger partial charge in [0.1, 0.15) is 5.82 Å². The molecule has 0 aliphatic carbocycles. The predicted molar refractivity (Wildman–Crippen MR) is 70.2 cm³/mol. The summed E-state index contributed by atoms with van der Waals surface area (Å²) >= 11 is 0. The minimum Gasteiger partial charge on any atom is -0.375 e. The van der Waals surface area contributed by atoms with Crippen LogP contribution in [-0.4, -0.2) is 24.6 Å². The number of aromatic nitrogens is 2. The molecule has 0 radical (unpaired) electrons. The lowest BCUT2D eigenvalue weighted by Crippen LogP contribution is -2.08. The van der Waals surface area contributed by atoms with E-state index in [0.29, 0.717) is 4.90 Å². The van der Waals surface area contributed by atoms with E-state index < -0.39 is 9.84 Å². The molecule has 1 unspecified atom stereocenters. The van der Waals surface area contributed by atoms with Crippen LogP contribution in [0.25, 0.3) is 0 Å². The van der Waals surface area contributed by atoms with E-state index in [0.717, 1.165) is 11.5 Å². The summed E-state index contributed by atoms with van der Waals surface area (Å²) in [5, 5.41) is 3.23. The van der Waals surface area contributed by atoms with Crippen molar-refractivity contribution in [2.45, 2.75) is 17.9 Å². The largest absolute Gasteiger partial charge is 0.375 e. The van der Waals surface area contributed by atoms with Crippen LogP contribution in [0.2, 0.25) is 0 Å². The first-order chi connectivity index (χ1) is 8.47. The molecule has 2 N–H and O–H groups in total. The van der Waals surface area contributed by atoms with Gasteiger partial charge in [-0.3, -0.25) is 0 Å². The summed E-state index contributed by atoms with van der Waals surface area (Å²) in [6, 6.07) is 6.70. The zero-order valence-electron chi connectivity index (χ0n) is 10.2. The Hall–Kier alpha value is -1.82. The highest BCUT2D eigenvalue weighted by atomic mass is 32.2. The van der Waals surface area contributed by atoms with Crippen LogP contribution in [0.1, 0.15) is 18.8 Å². The fraction of sp³-hybridized carbons (Fsp3) is 0.250. The van der Waals surface area contributed by atoms with Crippen LogP contribution in [0.5, 0.6) is 0 Å². The first kappa shape index (κ1) is 12.6. The summed E-state index contributed by atoms with van der Waals surface area (Å²) in [5.74, 6) is 0.835. The van der Waals surface area contributed by atoms with Crippen LogP contribution < -0.4 is 5.32 Å². The van der Waals surface area contributed by atoms with Gasteiger partial charge in [-0.2, -0.15) is 0 Å². The summed E-state index contributed by atoms with van der Waals surface area (Å²) in [6.07, 6.45) is 4.65. The average Bonchev–Trinajstić information content (AvgIpc) is 2.82. The smallest absolute Gasteiger partial charge is 0.175 e. The zero-order chi connectivity index (χ0) is 13.2. The number of anilines is 1. The Morgan fingerprint density at radius 3 is 2.44 bits per heavy atom. The zero-order valence-corrected chi connectivity index (χ0v) is 11.0. The van der Waals surface area contributed by atoms with E-state index in [9.17, 15) is 8.42 Å². The van der Waals surface area contributed by atoms with Crippen molar-refractivity contribution in [2.24, 2.45) is 0 Å². The topological polar surface area (TPSA) is 74.8 Å². The molecule has 1 aromatic heterocycles. The predicted octanol–water partition coefficient (Wildman–Crippen LogP) is 1.99. The lowest BCUT2D eigenvalue weighted by atomic mass is 10.2. The molecule has 2 rings (SSSR count). The van der Waals surface area contributed by atoms with E-state index in [1.165, 1.54) is 6.26 Å². The van der Waals surface area contributed by atoms with Crippen molar-refractivity contribution < 1.29 is 8.42 Å². The van der Waals surface area contributed by atoms with Crippen LogP contribution >= 0.6 is 0 Å². The molecule has 18 heavy (non-hydrogen) atoms. The highest BCUT2D eigenvalue weighted by Crippen LogP contribution is 2.18. The number of H-pyrrole nitrogens is 1. The van der Waals surface area contributed by atoms with E-state index in [-0.39, 0.29) is 6.04 Å². The second-order valence-corrected chi connectivity index (χ2v) is 6.15. The molecular formula is C12H15N3O2S. The fourth-order valence-corrected chi connectivity index (χ4v) is 2.26. The highest BCUT2D eigenvalue weighted by molar-refractivity contribution is 7.90. The maximum atomic E-state index is 11.3. The number of nitrogens with zero attached hydrogens (tertiary/aromatic N) is 1. The first-order valence-electron chi connectivity index (χ1n) is 5.53. The van der Waals surface area contributed by atoms with Gasteiger partial charge in [-0.25, -0.2) is 13.4 Å². The second-order valence-electron chi connectivity index (χ2n) is 4.14. The Morgan fingerprint density at radius 2 is 1.94 bits per heavy atom.